The molecule has 0 spiro atoms. The first-order chi connectivity index (χ1) is 9.20. The number of rotatable bonds is 4. The van der Waals surface area contributed by atoms with E-state index < -0.39 is 0 Å². The fraction of sp³-hybridized carbons (Fsp3) is 0.500. The first kappa shape index (κ1) is 12.5. The largest absolute Gasteiger partial charge is 0.494 e. The van der Waals surface area contributed by atoms with E-state index in [9.17, 15) is 0 Å². The number of hydrogen-bond acceptors (Lipinski definition) is 2. The van der Waals surface area contributed by atoms with Crippen LogP contribution in [0, 0.1) is 0 Å². The summed E-state index contributed by atoms with van der Waals surface area (Å²) in [6.07, 6.45) is 3.39. The van der Waals surface area contributed by atoms with Crippen LogP contribution in [0.15, 0.2) is 18.2 Å². The molecular formula is C16H22N2O. The highest BCUT2D eigenvalue weighted by Gasteiger charge is 2.21. The number of benzene rings is 1. The minimum atomic E-state index is 0.201. The van der Waals surface area contributed by atoms with E-state index in [4.69, 9.17) is 10.5 Å². The van der Waals surface area contributed by atoms with Gasteiger partial charge < -0.3 is 15.0 Å². The number of fused-ring (bicyclic) bond motifs is 3. The van der Waals surface area contributed by atoms with E-state index in [1.54, 1.807) is 0 Å². The predicted molar refractivity (Wildman–Crippen MR) is 78.8 cm³/mol. The Kier molecular flexibility index (Phi) is 3.23. The van der Waals surface area contributed by atoms with Gasteiger partial charge in [-0.1, -0.05) is 0 Å². The fourth-order valence-corrected chi connectivity index (χ4v) is 3.21. The van der Waals surface area contributed by atoms with E-state index in [1.807, 2.05) is 6.92 Å². The minimum Gasteiger partial charge on any atom is -0.494 e. The Morgan fingerprint density at radius 1 is 1.42 bits per heavy atom. The third-order valence-electron chi connectivity index (χ3n) is 3.89. The molecule has 0 saturated heterocycles. The summed E-state index contributed by atoms with van der Waals surface area (Å²) in [7, 11) is 0. The zero-order valence-corrected chi connectivity index (χ0v) is 11.8. The molecular weight excluding hydrogens is 236 g/mol. The highest BCUT2D eigenvalue weighted by atomic mass is 16.5. The van der Waals surface area contributed by atoms with Crippen LogP contribution in [-0.2, 0) is 19.4 Å². The Morgan fingerprint density at radius 3 is 3.00 bits per heavy atom. The molecule has 19 heavy (non-hydrogen) atoms. The fourth-order valence-electron chi connectivity index (χ4n) is 3.21. The molecule has 1 aliphatic rings. The van der Waals surface area contributed by atoms with Crippen molar-refractivity contribution in [1.29, 1.82) is 0 Å². The van der Waals surface area contributed by atoms with Gasteiger partial charge in [0.25, 0.3) is 0 Å². The van der Waals surface area contributed by atoms with Crippen molar-refractivity contribution in [1.82, 2.24) is 4.57 Å². The first-order valence-corrected chi connectivity index (χ1v) is 7.23. The summed E-state index contributed by atoms with van der Waals surface area (Å²) in [5, 5.41) is 1.33. The Hall–Kier alpha value is -1.48. The quantitative estimate of drug-likeness (QED) is 0.916. The lowest BCUT2D eigenvalue weighted by Crippen LogP contribution is -2.18. The second-order valence-electron chi connectivity index (χ2n) is 5.47. The highest BCUT2D eigenvalue weighted by molar-refractivity contribution is 5.87. The van der Waals surface area contributed by atoms with Crippen LogP contribution in [0.1, 0.15) is 31.5 Å². The number of nitrogens with zero attached hydrogens (tertiary/aromatic N) is 1. The van der Waals surface area contributed by atoms with Gasteiger partial charge in [-0.25, -0.2) is 0 Å². The van der Waals surface area contributed by atoms with Crippen molar-refractivity contribution in [3.63, 3.8) is 0 Å². The van der Waals surface area contributed by atoms with E-state index in [0.29, 0.717) is 6.61 Å². The van der Waals surface area contributed by atoms with Gasteiger partial charge in [0, 0.05) is 29.2 Å². The van der Waals surface area contributed by atoms with Crippen LogP contribution < -0.4 is 10.5 Å². The molecule has 3 nitrogen and oxygen atoms in total. The van der Waals surface area contributed by atoms with Crippen LogP contribution in [0.4, 0.5) is 0 Å². The van der Waals surface area contributed by atoms with Crippen molar-refractivity contribution in [2.75, 3.05) is 6.61 Å². The molecule has 0 fully saturated rings. The third-order valence-corrected chi connectivity index (χ3v) is 3.89. The molecule has 1 aromatic heterocycles. The molecule has 1 unspecified atom stereocenters. The van der Waals surface area contributed by atoms with Gasteiger partial charge in [0.1, 0.15) is 5.75 Å². The van der Waals surface area contributed by atoms with Gasteiger partial charge in [-0.15, -0.1) is 0 Å². The summed E-state index contributed by atoms with van der Waals surface area (Å²) in [5.41, 5.74) is 10.3. The molecule has 102 valence electrons. The van der Waals surface area contributed by atoms with Crippen LogP contribution >= 0.6 is 0 Å². The topological polar surface area (TPSA) is 40.2 Å². The van der Waals surface area contributed by atoms with E-state index in [2.05, 4.69) is 29.7 Å². The zero-order chi connectivity index (χ0) is 13.4. The monoisotopic (exact) mass is 258 g/mol. The first-order valence-electron chi connectivity index (χ1n) is 7.23. The molecule has 0 radical (unpaired) electrons. The molecule has 1 aromatic carbocycles. The average Bonchev–Trinajstić information content (AvgIpc) is 2.93. The molecule has 0 amide bonds. The Balaban J connectivity index is 2.16. The van der Waals surface area contributed by atoms with Gasteiger partial charge in [0.05, 0.1) is 6.61 Å². The summed E-state index contributed by atoms with van der Waals surface area (Å²) >= 11 is 0. The molecule has 3 heteroatoms. The van der Waals surface area contributed by atoms with E-state index in [1.165, 1.54) is 35.0 Å². The van der Waals surface area contributed by atoms with Crippen LogP contribution in [0.5, 0.6) is 5.75 Å². The van der Waals surface area contributed by atoms with Crippen molar-refractivity contribution in [3.8, 4) is 5.75 Å². The number of ether oxygens (including phenoxy) is 1. The maximum atomic E-state index is 6.02. The Labute approximate surface area is 114 Å². The lowest BCUT2D eigenvalue weighted by atomic mass is 10.0. The normalized spacial score (nSPS) is 15.7. The van der Waals surface area contributed by atoms with Crippen molar-refractivity contribution >= 4 is 10.9 Å². The second-order valence-corrected chi connectivity index (χ2v) is 5.47. The highest BCUT2D eigenvalue weighted by Crippen LogP contribution is 2.34. The molecule has 0 aliphatic carbocycles. The van der Waals surface area contributed by atoms with E-state index in [0.717, 1.165) is 18.7 Å². The number of aryl methyl sites for hydroxylation is 1. The summed E-state index contributed by atoms with van der Waals surface area (Å²) in [5.74, 6) is 0.963. The third kappa shape index (κ3) is 2.12. The zero-order valence-electron chi connectivity index (χ0n) is 11.8. The maximum absolute atomic E-state index is 6.02. The van der Waals surface area contributed by atoms with E-state index in [-0.39, 0.29) is 6.04 Å². The van der Waals surface area contributed by atoms with Crippen molar-refractivity contribution < 1.29 is 4.74 Å². The minimum absolute atomic E-state index is 0.201. The lowest BCUT2D eigenvalue weighted by Gasteiger charge is -2.07. The SMILES string of the molecule is CCOc1ccc2c(c1)c(CC(C)N)c1n2CCC1. The van der Waals surface area contributed by atoms with Crippen molar-refractivity contribution in [2.45, 2.75) is 45.7 Å². The maximum Gasteiger partial charge on any atom is 0.120 e. The summed E-state index contributed by atoms with van der Waals surface area (Å²) in [4.78, 5) is 0. The Bertz CT molecular complexity index is 598. The molecule has 0 bridgehead atoms. The molecule has 0 saturated carbocycles. The van der Waals surface area contributed by atoms with Gasteiger partial charge in [-0.3, -0.25) is 0 Å². The molecule has 2 N–H and O–H groups in total. The summed E-state index contributed by atoms with van der Waals surface area (Å²) < 4.78 is 8.10. The number of hydrogen-bond donors (Lipinski definition) is 1. The van der Waals surface area contributed by atoms with Gasteiger partial charge >= 0.3 is 0 Å². The summed E-state index contributed by atoms with van der Waals surface area (Å²) in [6, 6.07) is 6.65. The lowest BCUT2D eigenvalue weighted by molar-refractivity contribution is 0.340. The predicted octanol–water partition coefficient (Wildman–Crippen LogP) is 2.88. The van der Waals surface area contributed by atoms with Gasteiger partial charge in [0.15, 0.2) is 0 Å². The molecule has 2 heterocycles. The van der Waals surface area contributed by atoms with Crippen LogP contribution in [-0.4, -0.2) is 17.2 Å². The number of nitrogens with two attached hydrogens (primary N) is 1. The van der Waals surface area contributed by atoms with Crippen molar-refractivity contribution in [3.05, 3.63) is 29.5 Å². The van der Waals surface area contributed by atoms with Gasteiger partial charge in [0.2, 0.25) is 0 Å². The van der Waals surface area contributed by atoms with Crippen LogP contribution in [0.3, 0.4) is 0 Å². The van der Waals surface area contributed by atoms with Gasteiger partial charge in [-0.2, -0.15) is 0 Å². The average molecular weight is 258 g/mol. The van der Waals surface area contributed by atoms with Crippen molar-refractivity contribution in [2.24, 2.45) is 5.73 Å². The molecule has 3 rings (SSSR count). The molecule has 1 atom stereocenters. The second kappa shape index (κ2) is 4.89. The van der Waals surface area contributed by atoms with E-state index >= 15 is 0 Å². The van der Waals surface area contributed by atoms with Gasteiger partial charge in [-0.05, 0) is 56.9 Å². The van der Waals surface area contributed by atoms with Crippen LogP contribution in [0.25, 0.3) is 10.9 Å². The smallest absolute Gasteiger partial charge is 0.120 e. The van der Waals surface area contributed by atoms with Crippen LogP contribution in [0.2, 0.25) is 0 Å². The number of aromatic nitrogens is 1. The molecule has 1 aliphatic heterocycles. The standard InChI is InChI=1S/C16H22N2O/c1-3-19-12-6-7-16-14(10-12)13(9-11(2)17)15-5-4-8-18(15)16/h6-7,10-11H,3-5,8-9,17H2,1-2H3. The summed E-state index contributed by atoms with van der Waals surface area (Å²) in [6.45, 7) is 5.95. The molecule has 2 aromatic rings. The Morgan fingerprint density at radius 2 is 2.26 bits per heavy atom.